The molecule has 0 fully saturated rings. The largest absolute Gasteiger partial charge is 0.335 e. The first-order valence-electron chi connectivity index (χ1n) is 5.20. The molecule has 0 unspecified atom stereocenters. The Morgan fingerprint density at radius 2 is 1.89 bits per heavy atom. The van der Waals surface area contributed by atoms with Gasteiger partial charge < -0.3 is 5.32 Å². The fourth-order valence-electron chi connectivity index (χ4n) is 1.49. The monoisotopic (exact) mass is 313 g/mol. The van der Waals surface area contributed by atoms with E-state index < -0.39 is 11.6 Å². The quantitative estimate of drug-likeness (QED) is 0.855. The molecule has 0 saturated heterocycles. The van der Waals surface area contributed by atoms with Gasteiger partial charge in [-0.05, 0) is 41.4 Å². The molecule has 0 aliphatic rings. The van der Waals surface area contributed by atoms with E-state index in [9.17, 15) is 8.78 Å². The third-order valence-corrected chi connectivity index (χ3v) is 2.75. The van der Waals surface area contributed by atoms with Crippen molar-refractivity contribution in [2.24, 2.45) is 0 Å². The van der Waals surface area contributed by atoms with E-state index in [-0.39, 0.29) is 5.69 Å². The summed E-state index contributed by atoms with van der Waals surface area (Å²) in [5.74, 6) is -0.453. The molecule has 0 spiro atoms. The molecule has 0 aliphatic heterocycles. The summed E-state index contributed by atoms with van der Waals surface area (Å²) in [6, 6.07) is 4.15. The molecule has 0 amide bonds. The molecule has 1 aromatic heterocycles. The van der Waals surface area contributed by atoms with E-state index >= 15 is 0 Å². The number of nitrogens with one attached hydrogen (secondary N) is 1. The maximum absolute atomic E-state index is 13.8. The van der Waals surface area contributed by atoms with Gasteiger partial charge in [-0.2, -0.15) is 0 Å². The Labute approximate surface area is 111 Å². The van der Waals surface area contributed by atoms with Crippen LogP contribution in [-0.4, -0.2) is 9.97 Å². The molecule has 1 N–H and O–H groups in total. The van der Waals surface area contributed by atoms with Gasteiger partial charge >= 0.3 is 0 Å². The molecule has 18 heavy (non-hydrogen) atoms. The standard InChI is InChI=1S/C12H10BrF2N3/c1-6-3-4-8(14)12(11(6)15)18-10-5-9(13)16-7(2)17-10/h3-5H,1-2H3,(H,16,17,18). The minimum Gasteiger partial charge on any atom is -0.335 e. The van der Waals surface area contributed by atoms with Crippen molar-refractivity contribution in [3.8, 4) is 0 Å². The number of benzene rings is 1. The zero-order chi connectivity index (χ0) is 13.3. The van der Waals surface area contributed by atoms with Gasteiger partial charge in [-0.25, -0.2) is 18.7 Å². The smallest absolute Gasteiger partial charge is 0.152 e. The minimum absolute atomic E-state index is 0.208. The Kier molecular flexibility index (Phi) is 3.56. The lowest BCUT2D eigenvalue weighted by atomic mass is 10.2. The van der Waals surface area contributed by atoms with E-state index in [2.05, 4.69) is 31.2 Å². The summed E-state index contributed by atoms with van der Waals surface area (Å²) in [6.45, 7) is 3.26. The van der Waals surface area contributed by atoms with Crippen molar-refractivity contribution in [2.75, 3.05) is 5.32 Å². The third kappa shape index (κ3) is 2.64. The van der Waals surface area contributed by atoms with Crippen LogP contribution in [0, 0.1) is 25.5 Å². The van der Waals surface area contributed by atoms with Crippen molar-refractivity contribution in [1.29, 1.82) is 0 Å². The Balaban J connectivity index is 2.42. The first-order chi connectivity index (χ1) is 8.47. The van der Waals surface area contributed by atoms with Crippen molar-refractivity contribution >= 4 is 27.4 Å². The third-order valence-electron chi connectivity index (χ3n) is 2.34. The Morgan fingerprint density at radius 3 is 2.56 bits per heavy atom. The number of hydrogen-bond acceptors (Lipinski definition) is 3. The molecule has 3 nitrogen and oxygen atoms in total. The van der Waals surface area contributed by atoms with Crippen LogP contribution in [0.5, 0.6) is 0 Å². The predicted octanol–water partition coefficient (Wildman–Crippen LogP) is 3.88. The maximum Gasteiger partial charge on any atom is 0.152 e. The molecule has 0 saturated carbocycles. The molecular formula is C12H10BrF2N3. The Hall–Kier alpha value is -1.56. The van der Waals surface area contributed by atoms with Crippen LogP contribution in [0.1, 0.15) is 11.4 Å². The average molecular weight is 314 g/mol. The highest BCUT2D eigenvalue weighted by molar-refractivity contribution is 9.10. The fraction of sp³-hybridized carbons (Fsp3) is 0.167. The van der Waals surface area contributed by atoms with Crippen LogP contribution < -0.4 is 5.32 Å². The van der Waals surface area contributed by atoms with E-state index in [0.717, 1.165) is 0 Å². The van der Waals surface area contributed by atoms with E-state index in [1.165, 1.54) is 12.1 Å². The molecule has 0 bridgehead atoms. The van der Waals surface area contributed by atoms with Gasteiger partial charge in [0, 0.05) is 6.07 Å². The number of halogens is 3. The van der Waals surface area contributed by atoms with Crippen LogP contribution in [0.15, 0.2) is 22.8 Å². The number of anilines is 2. The second kappa shape index (κ2) is 4.97. The molecule has 2 aromatic rings. The molecule has 2 rings (SSSR count). The highest BCUT2D eigenvalue weighted by Crippen LogP contribution is 2.25. The molecule has 1 heterocycles. The van der Waals surface area contributed by atoms with Gasteiger partial charge in [-0.3, -0.25) is 0 Å². The molecule has 0 aliphatic carbocycles. The fourth-order valence-corrected chi connectivity index (χ4v) is 1.97. The van der Waals surface area contributed by atoms with Crippen LogP contribution in [0.25, 0.3) is 0 Å². The lowest BCUT2D eigenvalue weighted by molar-refractivity contribution is 0.584. The van der Waals surface area contributed by atoms with Crippen molar-refractivity contribution in [2.45, 2.75) is 13.8 Å². The summed E-state index contributed by atoms with van der Waals surface area (Å²) in [5, 5.41) is 2.63. The highest BCUT2D eigenvalue weighted by atomic mass is 79.9. The lowest BCUT2D eigenvalue weighted by Gasteiger charge is -2.10. The van der Waals surface area contributed by atoms with Crippen molar-refractivity contribution in [3.63, 3.8) is 0 Å². The van der Waals surface area contributed by atoms with Crippen LogP contribution in [-0.2, 0) is 0 Å². The van der Waals surface area contributed by atoms with Gasteiger partial charge in [0.25, 0.3) is 0 Å². The summed E-state index contributed by atoms with van der Waals surface area (Å²) in [7, 11) is 0. The molecule has 94 valence electrons. The summed E-state index contributed by atoms with van der Waals surface area (Å²) in [6.07, 6.45) is 0. The number of hydrogen-bond donors (Lipinski definition) is 1. The molecule has 6 heteroatoms. The van der Waals surface area contributed by atoms with E-state index in [1.54, 1.807) is 19.9 Å². The molecular weight excluding hydrogens is 304 g/mol. The maximum atomic E-state index is 13.8. The van der Waals surface area contributed by atoms with Gasteiger partial charge in [0.1, 0.15) is 27.8 Å². The Bertz CT molecular complexity index is 582. The SMILES string of the molecule is Cc1nc(Br)cc(Nc2c(F)ccc(C)c2F)n1. The van der Waals surface area contributed by atoms with Gasteiger partial charge in [0.05, 0.1) is 0 Å². The van der Waals surface area contributed by atoms with Crippen molar-refractivity contribution < 1.29 is 8.78 Å². The molecule has 0 atom stereocenters. The van der Waals surface area contributed by atoms with Crippen LogP contribution >= 0.6 is 15.9 Å². The van der Waals surface area contributed by atoms with E-state index in [0.29, 0.717) is 21.8 Å². The van der Waals surface area contributed by atoms with Crippen molar-refractivity contribution in [3.05, 3.63) is 45.8 Å². The van der Waals surface area contributed by atoms with Gasteiger partial charge in [0.2, 0.25) is 0 Å². The van der Waals surface area contributed by atoms with Crippen molar-refractivity contribution in [1.82, 2.24) is 9.97 Å². The first-order valence-corrected chi connectivity index (χ1v) is 5.99. The lowest BCUT2D eigenvalue weighted by Crippen LogP contribution is -2.02. The number of aryl methyl sites for hydroxylation is 2. The van der Waals surface area contributed by atoms with Gasteiger partial charge in [-0.1, -0.05) is 6.07 Å². The first kappa shape index (κ1) is 12.9. The van der Waals surface area contributed by atoms with Gasteiger partial charge in [0.15, 0.2) is 5.82 Å². The summed E-state index contributed by atoms with van der Waals surface area (Å²) < 4.78 is 27.9. The van der Waals surface area contributed by atoms with E-state index in [1.807, 2.05) is 0 Å². The van der Waals surface area contributed by atoms with Crippen LogP contribution in [0.3, 0.4) is 0 Å². The second-order valence-electron chi connectivity index (χ2n) is 3.80. The zero-order valence-electron chi connectivity index (χ0n) is 9.76. The van der Waals surface area contributed by atoms with Crippen LogP contribution in [0.4, 0.5) is 20.3 Å². The molecule has 1 aromatic carbocycles. The summed E-state index contributed by atoms with van der Waals surface area (Å²) in [5.41, 5.74) is 0.156. The number of aromatic nitrogens is 2. The highest BCUT2D eigenvalue weighted by Gasteiger charge is 2.12. The minimum atomic E-state index is -0.662. The summed E-state index contributed by atoms with van der Waals surface area (Å²) >= 11 is 3.20. The topological polar surface area (TPSA) is 37.8 Å². The Morgan fingerprint density at radius 1 is 1.17 bits per heavy atom. The number of rotatable bonds is 2. The normalized spacial score (nSPS) is 10.5. The summed E-state index contributed by atoms with van der Waals surface area (Å²) in [4.78, 5) is 8.07. The number of nitrogens with zero attached hydrogens (tertiary/aromatic N) is 2. The van der Waals surface area contributed by atoms with Gasteiger partial charge in [-0.15, -0.1) is 0 Å². The van der Waals surface area contributed by atoms with Crippen LogP contribution in [0.2, 0.25) is 0 Å². The average Bonchev–Trinajstić information content (AvgIpc) is 2.28. The van der Waals surface area contributed by atoms with E-state index in [4.69, 9.17) is 0 Å². The molecule has 0 radical (unpaired) electrons. The second-order valence-corrected chi connectivity index (χ2v) is 4.61. The predicted molar refractivity (Wildman–Crippen MR) is 68.8 cm³/mol. The zero-order valence-corrected chi connectivity index (χ0v) is 11.3.